The van der Waals surface area contributed by atoms with Crippen LogP contribution < -0.4 is 0 Å². The van der Waals surface area contributed by atoms with Gasteiger partial charge in [-0.25, -0.2) is 9.78 Å². The largest absolute Gasteiger partial charge is 0.462 e. The highest BCUT2D eigenvalue weighted by atomic mass is 79.9. The number of methoxy groups -OCH3 is 1. The van der Waals surface area contributed by atoms with Crippen LogP contribution in [-0.2, 0) is 9.47 Å². The lowest BCUT2D eigenvalue weighted by molar-refractivity contribution is 0.0468. The number of nitrogens with zero attached hydrogens (tertiary/aromatic N) is 1. The third-order valence-electron chi connectivity index (χ3n) is 1.75. The van der Waals surface area contributed by atoms with Crippen LogP contribution in [0.15, 0.2) is 16.7 Å². The maximum Gasteiger partial charge on any atom is 0.341 e. The van der Waals surface area contributed by atoms with Crippen LogP contribution in [0.25, 0.3) is 0 Å². The van der Waals surface area contributed by atoms with Gasteiger partial charge in [0.25, 0.3) is 0 Å². The molecule has 4 nitrogen and oxygen atoms in total. The Morgan fingerprint density at radius 2 is 2.31 bits per heavy atom. The second-order valence-electron chi connectivity index (χ2n) is 2.97. The number of aromatic nitrogens is 1. The fourth-order valence-electron chi connectivity index (χ4n) is 1.01. The van der Waals surface area contributed by atoms with Crippen molar-refractivity contribution in [3.05, 3.63) is 27.5 Å². The lowest BCUT2D eigenvalue weighted by Gasteiger charge is -2.05. The van der Waals surface area contributed by atoms with E-state index in [1.807, 2.05) is 0 Å². The lowest BCUT2D eigenvalue weighted by Crippen LogP contribution is -2.09. The summed E-state index contributed by atoms with van der Waals surface area (Å²) >= 11 is 8.98. The first-order valence-corrected chi connectivity index (χ1v) is 5.79. The van der Waals surface area contributed by atoms with Gasteiger partial charge < -0.3 is 9.47 Å². The molecule has 0 bridgehead atoms. The highest BCUT2D eigenvalue weighted by Crippen LogP contribution is 2.18. The van der Waals surface area contributed by atoms with E-state index in [0.29, 0.717) is 24.1 Å². The van der Waals surface area contributed by atoms with Crippen molar-refractivity contribution < 1.29 is 14.3 Å². The Bertz CT molecular complexity index is 373. The van der Waals surface area contributed by atoms with E-state index in [2.05, 4.69) is 20.9 Å². The minimum Gasteiger partial charge on any atom is -0.462 e. The topological polar surface area (TPSA) is 48.4 Å². The zero-order chi connectivity index (χ0) is 12.0. The Labute approximate surface area is 107 Å². The Morgan fingerprint density at radius 1 is 1.56 bits per heavy atom. The molecule has 0 unspecified atom stereocenters. The molecule has 1 aromatic heterocycles. The van der Waals surface area contributed by atoms with Gasteiger partial charge in [-0.05, 0) is 22.0 Å². The Hall–Kier alpha value is -0.650. The number of ether oxygens (including phenoxy) is 2. The van der Waals surface area contributed by atoms with Crippen molar-refractivity contribution in [3.63, 3.8) is 0 Å². The van der Waals surface area contributed by atoms with Gasteiger partial charge in [0.2, 0.25) is 0 Å². The van der Waals surface area contributed by atoms with E-state index < -0.39 is 5.97 Å². The molecule has 0 amide bonds. The van der Waals surface area contributed by atoms with Crippen molar-refractivity contribution in [2.45, 2.75) is 6.42 Å². The molecule has 6 heteroatoms. The zero-order valence-corrected chi connectivity index (χ0v) is 11.0. The zero-order valence-electron chi connectivity index (χ0n) is 8.70. The molecule has 0 aliphatic carbocycles. The quantitative estimate of drug-likeness (QED) is 0.477. The lowest BCUT2D eigenvalue weighted by atomic mass is 10.3. The van der Waals surface area contributed by atoms with Gasteiger partial charge in [-0.15, -0.1) is 0 Å². The number of hydrogen-bond donors (Lipinski definition) is 0. The predicted octanol–water partition coefficient (Wildman–Crippen LogP) is 2.69. The second-order valence-corrected chi connectivity index (χ2v) is 4.25. The molecule has 0 aliphatic heterocycles. The van der Waals surface area contributed by atoms with Crippen LogP contribution in [0.3, 0.4) is 0 Å². The minimum atomic E-state index is -0.477. The SMILES string of the molecule is COCCCOC(=O)c1cc(Br)cnc1Cl. The number of esters is 1. The molecule has 0 atom stereocenters. The molecule has 0 N–H and O–H groups in total. The van der Waals surface area contributed by atoms with Gasteiger partial charge >= 0.3 is 5.97 Å². The Morgan fingerprint density at radius 3 is 3.00 bits per heavy atom. The van der Waals surface area contributed by atoms with Crippen LogP contribution >= 0.6 is 27.5 Å². The van der Waals surface area contributed by atoms with Gasteiger partial charge in [-0.3, -0.25) is 0 Å². The van der Waals surface area contributed by atoms with Crippen LogP contribution in [0.1, 0.15) is 16.8 Å². The summed E-state index contributed by atoms with van der Waals surface area (Å²) in [5.41, 5.74) is 0.258. The molecule has 0 saturated carbocycles. The van der Waals surface area contributed by atoms with Crippen LogP contribution in [0, 0.1) is 0 Å². The van der Waals surface area contributed by atoms with Gasteiger partial charge in [0.05, 0.1) is 12.2 Å². The van der Waals surface area contributed by atoms with Crippen molar-refractivity contribution in [1.29, 1.82) is 0 Å². The van der Waals surface area contributed by atoms with Gasteiger partial charge in [-0.2, -0.15) is 0 Å². The summed E-state index contributed by atoms with van der Waals surface area (Å²) in [6, 6.07) is 1.58. The average Bonchev–Trinajstić information content (AvgIpc) is 2.27. The van der Waals surface area contributed by atoms with Crippen LogP contribution in [-0.4, -0.2) is 31.3 Å². The normalized spacial score (nSPS) is 10.2. The smallest absolute Gasteiger partial charge is 0.341 e. The summed E-state index contributed by atoms with van der Waals surface area (Å²) in [6.07, 6.45) is 2.17. The summed E-state index contributed by atoms with van der Waals surface area (Å²) in [5, 5.41) is 0.139. The third kappa shape index (κ3) is 4.08. The van der Waals surface area contributed by atoms with Crippen molar-refractivity contribution >= 4 is 33.5 Å². The second kappa shape index (κ2) is 6.83. The minimum absolute atomic E-state index is 0.139. The third-order valence-corrected chi connectivity index (χ3v) is 2.49. The maximum atomic E-state index is 11.6. The van der Waals surface area contributed by atoms with E-state index in [1.54, 1.807) is 13.2 Å². The molecular formula is C10H11BrClNO3. The molecule has 1 heterocycles. The molecule has 1 rings (SSSR count). The number of carbonyl (C=O) groups is 1. The van der Waals surface area contributed by atoms with E-state index in [4.69, 9.17) is 21.1 Å². The Kier molecular flexibility index (Phi) is 5.73. The molecule has 16 heavy (non-hydrogen) atoms. The molecule has 0 radical (unpaired) electrons. The van der Waals surface area contributed by atoms with Crippen molar-refractivity contribution in [2.75, 3.05) is 20.3 Å². The summed E-state index contributed by atoms with van der Waals surface area (Å²) < 4.78 is 10.5. The van der Waals surface area contributed by atoms with Gasteiger partial charge in [0.15, 0.2) is 0 Å². The summed E-state index contributed by atoms with van der Waals surface area (Å²) in [6.45, 7) is 0.854. The summed E-state index contributed by atoms with van der Waals surface area (Å²) in [4.78, 5) is 15.4. The summed E-state index contributed by atoms with van der Waals surface area (Å²) in [7, 11) is 1.59. The number of pyridine rings is 1. The number of rotatable bonds is 5. The Balaban J connectivity index is 2.55. The number of halogens is 2. The fourth-order valence-corrected chi connectivity index (χ4v) is 1.52. The van der Waals surface area contributed by atoms with Crippen molar-refractivity contribution in [1.82, 2.24) is 4.98 Å². The van der Waals surface area contributed by atoms with E-state index in [9.17, 15) is 4.79 Å². The van der Waals surface area contributed by atoms with E-state index >= 15 is 0 Å². The molecule has 88 valence electrons. The molecule has 0 saturated heterocycles. The monoisotopic (exact) mass is 307 g/mol. The van der Waals surface area contributed by atoms with E-state index in [1.165, 1.54) is 6.20 Å². The molecule has 1 aromatic rings. The molecule has 0 aliphatic rings. The highest BCUT2D eigenvalue weighted by Gasteiger charge is 2.13. The number of hydrogen-bond acceptors (Lipinski definition) is 4. The first-order valence-electron chi connectivity index (χ1n) is 4.62. The highest BCUT2D eigenvalue weighted by molar-refractivity contribution is 9.10. The fraction of sp³-hybridized carbons (Fsp3) is 0.400. The van der Waals surface area contributed by atoms with Crippen LogP contribution in [0.4, 0.5) is 0 Å². The van der Waals surface area contributed by atoms with Crippen LogP contribution in [0.2, 0.25) is 5.15 Å². The molecular weight excluding hydrogens is 297 g/mol. The number of carbonyl (C=O) groups excluding carboxylic acids is 1. The van der Waals surface area contributed by atoms with E-state index in [-0.39, 0.29) is 10.7 Å². The van der Waals surface area contributed by atoms with Gasteiger partial charge in [0, 0.05) is 30.8 Å². The van der Waals surface area contributed by atoms with Gasteiger partial charge in [0.1, 0.15) is 5.15 Å². The molecule has 0 aromatic carbocycles. The standard InChI is InChI=1S/C10H11BrClNO3/c1-15-3-2-4-16-10(14)8-5-7(11)6-13-9(8)12/h5-6H,2-4H2,1H3. The first kappa shape index (κ1) is 13.4. The van der Waals surface area contributed by atoms with Crippen LogP contribution in [0.5, 0.6) is 0 Å². The summed E-state index contributed by atoms with van der Waals surface area (Å²) in [5.74, 6) is -0.477. The van der Waals surface area contributed by atoms with E-state index in [0.717, 1.165) is 0 Å². The predicted molar refractivity (Wildman–Crippen MR) is 63.7 cm³/mol. The molecule has 0 fully saturated rings. The van der Waals surface area contributed by atoms with Crippen molar-refractivity contribution in [3.8, 4) is 0 Å². The molecule has 0 spiro atoms. The van der Waals surface area contributed by atoms with Gasteiger partial charge in [-0.1, -0.05) is 11.6 Å². The first-order chi connectivity index (χ1) is 7.65. The average molecular weight is 309 g/mol. The van der Waals surface area contributed by atoms with Crippen molar-refractivity contribution in [2.24, 2.45) is 0 Å². The maximum absolute atomic E-state index is 11.6.